The highest BCUT2D eigenvalue weighted by atomic mass is 32.3. The summed E-state index contributed by atoms with van der Waals surface area (Å²) < 4.78 is 38.1. The third kappa shape index (κ3) is 5.86. The molecular formula is C10H18FNO4S. The molecule has 100 valence electrons. The fourth-order valence-electron chi connectivity index (χ4n) is 1.75. The number of nitrogens with one attached hydrogen (secondary N) is 1. The molecular weight excluding hydrogens is 249 g/mol. The Balaban J connectivity index is 2.24. The maximum absolute atomic E-state index is 12.3. The van der Waals surface area contributed by atoms with Crippen molar-refractivity contribution >= 4 is 16.3 Å². The molecule has 1 rings (SSSR count). The van der Waals surface area contributed by atoms with Crippen molar-refractivity contribution in [1.82, 2.24) is 5.32 Å². The van der Waals surface area contributed by atoms with Crippen LogP contribution >= 0.6 is 0 Å². The van der Waals surface area contributed by atoms with Crippen molar-refractivity contribution in [3.63, 3.8) is 0 Å². The minimum Gasteiger partial charge on any atom is -0.444 e. The van der Waals surface area contributed by atoms with Gasteiger partial charge in [0.15, 0.2) is 0 Å². The molecule has 1 aliphatic rings. The highest BCUT2D eigenvalue weighted by molar-refractivity contribution is 7.86. The molecule has 0 aromatic heterocycles. The quantitative estimate of drug-likeness (QED) is 0.788. The van der Waals surface area contributed by atoms with Crippen molar-refractivity contribution in [3.05, 3.63) is 0 Å². The van der Waals surface area contributed by atoms with Crippen molar-refractivity contribution in [2.75, 3.05) is 5.75 Å². The van der Waals surface area contributed by atoms with E-state index < -0.39 is 27.7 Å². The van der Waals surface area contributed by atoms with Crippen LogP contribution in [0, 0.1) is 5.92 Å². The van der Waals surface area contributed by atoms with E-state index in [2.05, 4.69) is 5.32 Å². The van der Waals surface area contributed by atoms with Gasteiger partial charge < -0.3 is 10.1 Å². The summed E-state index contributed by atoms with van der Waals surface area (Å²) in [6.45, 7) is 5.27. The molecule has 0 spiro atoms. The fraction of sp³-hybridized carbons (Fsp3) is 0.900. The van der Waals surface area contributed by atoms with Crippen molar-refractivity contribution in [2.45, 2.75) is 45.3 Å². The summed E-state index contributed by atoms with van der Waals surface area (Å²) >= 11 is 0. The van der Waals surface area contributed by atoms with Gasteiger partial charge in [0.25, 0.3) is 0 Å². The minimum atomic E-state index is -4.41. The van der Waals surface area contributed by atoms with Crippen LogP contribution in [0.5, 0.6) is 0 Å². The number of rotatable bonds is 3. The van der Waals surface area contributed by atoms with Crippen LogP contribution in [-0.2, 0) is 15.0 Å². The lowest BCUT2D eigenvalue weighted by molar-refractivity contribution is 0.0459. The number of halogens is 1. The summed E-state index contributed by atoms with van der Waals surface area (Å²) in [6.07, 6.45) is 0.425. The first-order chi connectivity index (χ1) is 7.55. The molecule has 0 unspecified atom stereocenters. The SMILES string of the molecule is CC(C)(C)OC(=O)NC1CC(CS(=O)(=O)F)C1. The Morgan fingerprint density at radius 3 is 2.35 bits per heavy atom. The molecule has 1 fully saturated rings. The molecule has 1 saturated carbocycles. The lowest BCUT2D eigenvalue weighted by atomic mass is 9.82. The summed E-state index contributed by atoms with van der Waals surface area (Å²) in [5.41, 5.74) is -0.560. The van der Waals surface area contributed by atoms with Gasteiger partial charge in [0.2, 0.25) is 0 Å². The summed E-state index contributed by atoms with van der Waals surface area (Å²) in [6, 6.07) is -0.114. The third-order valence-electron chi connectivity index (χ3n) is 2.39. The Labute approximate surface area is 101 Å². The van der Waals surface area contributed by atoms with Gasteiger partial charge in [-0.25, -0.2) is 4.79 Å². The van der Waals surface area contributed by atoms with Crippen LogP contribution in [-0.4, -0.2) is 31.9 Å². The lowest BCUT2D eigenvalue weighted by Crippen LogP contribution is -2.47. The maximum atomic E-state index is 12.3. The Morgan fingerprint density at radius 1 is 1.41 bits per heavy atom. The van der Waals surface area contributed by atoms with Gasteiger partial charge in [0, 0.05) is 6.04 Å². The average molecular weight is 267 g/mol. The molecule has 0 aromatic carbocycles. The molecule has 0 heterocycles. The number of carbonyl (C=O) groups excluding carboxylic acids is 1. The molecule has 0 aliphatic heterocycles. The van der Waals surface area contributed by atoms with E-state index >= 15 is 0 Å². The second-order valence-corrected chi connectivity index (χ2v) is 6.80. The zero-order valence-corrected chi connectivity index (χ0v) is 11.0. The zero-order chi connectivity index (χ0) is 13.3. The van der Waals surface area contributed by atoms with Crippen molar-refractivity contribution in [3.8, 4) is 0 Å². The highest BCUT2D eigenvalue weighted by Gasteiger charge is 2.34. The van der Waals surface area contributed by atoms with Gasteiger partial charge in [-0.15, -0.1) is 3.89 Å². The van der Waals surface area contributed by atoms with Crippen LogP contribution in [0.25, 0.3) is 0 Å². The Hall–Kier alpha value is -0.850. The van der Waals surface area contributed by atoms with Crippen LogP contribution in [0.3, 0.4) is 0 Å². The molecule has 5 nitrogen and oxygen atoms in total. The molecule has 1 aliphatic carbocycles. The zero-order valence-electron chi connectivity index (χ0n) is 10.2. The predicted octanol–water partition coefficient (Wildman–Crippen LogP) is 1.59. The molecule has 1 N–H and O–H groups in total. The number of hydrogen-bond acceptors (Lipinski definition) is 4. The molecule has 0 saturated heterocycles. The maximum Gasteiger partial charge on any atom is 0.407 e. The van der Waals surface area contributed by atoms with E-state index in [4.69, 9.17) is 4.74 Å². The van der Waals surface area contributed by atoms with Gasteiger partial charge >= 0.3 is 16.3 Å². The summed E-state index contributed by atoms with van der Waals surface area (Å²) in [5, 5.41) is 2.61. The van der Waals surface area contributed by atoms with Crippen molar-refractivity contribution < 1.29 is 21.8 Å². The van der Waals surface area contributed by atoms with Gasteiger partial charge in [-0.3, -0.25) is 0 Å². The van der Waals surface area contributed by atoms with Crippen molar-refractivity contribution in [2.24, 2.45) is 5.92 Å². The fourth-order valence-corrected chi connectivity index (χ4v) is 2.58. The summed E-state index contributed by atoms with van der Waals surface area (Å²) in [4.78, 5) is 11.3. The molecule has 0 radical (unpaired) electrons. The van der Waals surface area contributed by atoms with E-state index in [1.54, 1.807) is 20.8 Å². The normalized spacial score (nSPS) is 24.9. The van der Waals surface area contributed by atoms with E-state index in [0.717, 1.165) is 0 Å². The molecule has 17 heavy (non-hydrogen) atoms. The third-order valence-corrected chi connectivity index (χ3v) is 3.26. The second-order valence-electron chi connectivity index (χ2n) is 5.39. The smallest absolute Gasteiger partial charge is 0.407 e. The predicted molar refractivity (Wildman–Crippen MR) is 60.8 cm³/mol. The van der Waals surface area contributed by atoms with Gasteiger partial charge in [-0.05, 0) is 39.5 Å². The molecule has 0 aromatic rings. The standard InChI is InChI=1S/C10H18FNO4S/c1-10(2,3)16-9(13)12-8-4-7(5-8)6-17(11,14)15/h7-8H,4-6H2,1-3H3,(H,12,13). The lowest BCUT2D eigenvalue weighted by Gasteiger charge is -2.35. The molecule has 1 amide bonds. The van der Waals surface area contributed by atoms with Crippen LogP contribution in [0.15, 0.2) is 0 Å². The van der Waals surface area contributed by atoms with E-state index in [1.807, 2.05) is 0 Å². The number of alkyl carbamates (subject to hydrolysis) is 1. The van der Waals surface area contributed by atoms with Gasteiger partial charge in [0.05, 0.1) is 5.75 Å². The number of carbonyl (C=O) groups is 1. The first kappa shape index (κ1) is 14.2. The Kier molecular flexibility index (Phi) is 4.01. The van der Waals surface area contributed by atoms with E-state index in [-0.39, 0.29) is 12.0 Å². The van der Waals surface area contributed by atoms with Crippen molar-refractivity contribution in [1.29, 1.82) is 0 Å². The van der Waals surface area contributed by atoms with Gasteiger partial charge in [-0.1, -0.05) is 0 Å². The van der Waals surface area contributed by atoms with Crippen LogP contribution in [0.4, 0.5) is 8.68 Å². The highest BCUT2D eigenvalue weighted by Crippen LogP contribution is 2.29. The minimum absolute atomic E-state index is 0.114. The first-order valence-electron chi connectivity index (χ1n) is 5.47. The monoisotopic (exact) mass is 267 g/mol. The van der Waals surface area contributed by atoms with Crippen LogP contribution in [0.2, 0.25) is 0 Å². The van der Waals surface area contributed by atoms with Gasteiger partial charge in [-0.2, -0.15) is 8.42 Å². The van der Waals surface area contributed by atoms with E-state index in [0.29, 0.717) is 12.8 Å². The second kappa shape index (κ2) is 4.80. The Bertz CT molecular complexity index is 382. The molecule has 0 bridgehead atoms. The number of amides is 1. The topological polar surface area (TPSA) is 72.5 Å². The summed E-state index contributed by atoms with van der Waals surface area (Å²) in [7, 11) is -4.41. The van der Waals surface area contributed by atoms with Crippen LogP contribution < -0.4 is 5.32 Å². The van der Waals surface area contributed by atoms with Gasteiger partial charge in [0.1, 0.15) is 5.60 Å². The molecule has 0 atom stereocenters. The van der Waals surface area contributed by atoms with E-state index in [9.17, 15) is 17.1 Å². The summed E-state index contributed by atoms with van der Waals surface area (Å²) in [5.74, 6) is -0.663. The average Bonchev–Trinajstić information content (AvgIpc) is 1.93. The largest absolute Gasteiger partial charge is 0.444 e. The first-order valence-corrected chi connectivity index (χ1v) is 7.02. The van der Waals surface area contributed by atoms with E-state index in [1.165, 1.54) is 0 Å². The Morgan fingerprint density at radius 2 is 1.94 bits per heavy atom. The number of hydrogen-bond donors (Lipinski definition) is 1. The molecule has 7 heteroatoms. The number of ether oxygens (including phenoxy) is 1. The van der Waals surface area contributed by atoms with Crippen LogP contribution in [0.1, 0.15) is 33.6 Å².